The van der Waals surface area contributed by atoms with Crippen LogP contribution in [0.5, 0.6) is 0 Å². The van der Waals surface area contributed by atoms with Crippen molar-refractivity contribution in [1.82, 2.24) is 15.1 Å². The molecule has 0 bridgehead atoms. The van der Waals surface area contributed by atoms with Gasteiger partial charge in [0, 0.05) is 37.8 Å². The van der Waals surface area contributed by atoms with Crippen molar-refractivity contribution in [2.75, 3.05) is 32.7 Å². The number of carbonyl (C=O) groups excluding carboxylic acids is 2. The molecule has 0 radical (unpaired) electrons. The fourth-order valence-electron chi connectivity index (χ4n) is 3.64. The first-order chi connectivity index (χ1) is 15.3. The topological polar surface area (TPSA) is 86.8 Å². The van der Waals surface area contributed by atoms with Gasteiger partial charge >= 0.3 is 0 Å². The molecule has 2 amide bonds. The maximum Gasteiger partial charge on any atom is 0.253 e. The summed E-state index contributed by atoms with van der Waals surface area (Å²) in [5.41, 5.74) is 1.06. The minimum Gasteiger partial charge on any atom is -0.353 e. The number of rotatable bonds is 8. The Morgan fingerprint density at radius 2 is 1.69 bits per heavy atom. The van der Waals surface area contributed by atoms with E-state index < -0.39 is 9.84 Å². The Hall–Kier alpha value is -2.71. The highest BCUT2D eigenvalue weighted by Gasteiger charge is 2.24. The fourth-order valence-corrected chi connectivity index (χ4v) is 5.00. The zero-order valence-corrected chi connectivity index (χ0v) is 19.5. The molecule has 0 aliphatic carbocycles. The van der Waals surface area contributed by atoms with Crippen molar-refractivity contribution < 1.29 is 18.0 Å². The van der Waals surface area contributed by atoms with Gasteiger partial charge in [0.15, 0.2) is 9.84 Å². The number of benzene rings is 2. The van der Waals surface area contributed by atoms with Gasteiger partial charge in [-0.2, -0.15) is 0 Å². The van der Waals surface area contributed by atoms with E-state index in [1.165, 1.54) is 0 Å². The molecule has 1 aliphatic heterocycles. The number of nitrogens with zero attached hydrogens (tertiary/aromatic N) is 2. The summed E-state index contributed by atoms with van der Waals surface area (Å²) in [4.78, 5) is 29.1. The lowest BCUT2D eigenvalue weighted by molar-refractivity contribution is -0.123. The van der Waals surface area contributed by atoms with E-state index in [9.17, 15) is 18.0 Å². The number of nitrogens with one attached hydrogen (secondary N) is 1. The maximum atomic E-state index is 13.0. The van der Waals surface area contributed by atoms with Crippen LogP contribution in [0.2, 0.25) is 0 Å². The summed E-state index contributed by atoms with van der Waals surface area (Å²) in [6.45, 7) is 6.65. The molecule has 1 unspecified atom stereocenters. The average molecular weight is 458 g/mol. The standard InChI is InChI=1S/C24H31N3O4S/c1-3-19(2)25-23(28)17-26-12-14-27(15-13-26)24(29)21-9-7-8-20(16-21)18-32(30,31)22-10-5-4-6-11-22/h4-11,16,19H,3,12-15,17-18H2,1-2H3,(H,25,28). The van der Waals surface area contributed by atoms with Crippen molar-refractivity contribution in [1.29, 1.82) is 0 Å². The third-order valence-electron chi connectivity index (χ3n) is 5.68. The number of sulfone groups is 1. The molecule has 1 fully saturated rings. The predicted molar refractivity (Wildman–Crippen MR) is 124 cm³/mol. The second-order valence-corrected chi connectivity index (χ2v) is 10.2. The average Bonchev–Trinajstić information content (AvgIpc) is 2.79. The Balaban J connectivity index is 1.58. The summed E-state index contributed by atoms with van der Waals surface area (Å²) in [5.74, 6) is -0.267. The van der Waals surface area contributed by atoms with E-state index in [1.54, 1.807) is 59.5 Å². The second-order valence-electron chi connectivity index (χ2n) is 8.22. The molecule has 7 nitrogen and oxygen atoms in total. The van der Waals surface area contributed by atoms with Gasteiger partial charge in [-0.25, -0.2) is 8.42 Å². The summed E-state index contributed by atoms with van der Waals surface area (Å²) in [6, 6.07) is 15.3. The SMILES string of the molecule is CCC(C)NC(=O)CN1CCN(C(=O)c2cccc(CS(=O)(=O)c3ccccc3)c2)CC1. The van der Waals surface area contributed by atoms with Crippen LogP contribution in [0.1, 0.15) is 36.2 Å². The first kappa shape index (κ1) is 23.9. The second kappa shape index (κ2) is 10.7. The van der Waals surface area contributed by atoms with E-state index in [0.29, 0.717) is 43.9 Å². The Bertz CT molecular complexity index is 1030. The molecular weight excluding hydrogens is 426 g/mol. The zero-order valence-electron chi connectivity index (χ0n) is 18.7. The van der Waals surface area contributed by atoms with Gasteiger partial charge in [-0.3, -0.25) is 14.5 Å². The highest BCUT2D eigenvalue weighted by Crippen LogP contribution is 2.18. The number of carbonyl (C=O) groups is 2. The first-order valence-corrected chi connectivity index (χ1v) is 12.6. The van der Waals surface area contributed by atoms with Crippen LogP contribution in [0.4, 0.5) is 0 Å². The number of hydrogen-bond acceptors (Lipinski definition) is 5. The molecule has 8 heteroatoms. The maximum absolute atomic E-state index is 13.0. The fraction of sp³-hybridized carbons (Fsp3) is 0.417. The molecule has 2 aromatic carbocycles. The molecule has 0 aromatic heterocycles. The molecular formula is C24H31N3O4S. The Labute approximate surface area is 190 Å². The van der Waals surface area contributed by atoms with Crippen LogP contribution < -0.4 is 5.32 Å². The van der Waals surface area contributed by atoms with Gasteiger partial charge in [-0.1, -0.05) is 37.3 Å². The quantitative estimate of drug-likeness (QED) is 0.658. The van der Waals surface area contributed by atoms with E-state index in [-0.39, 0.29) is 28.5 Å². The molecule has 0 saturated carbocycles. The molecule has 2 aromatic rings. The van der Waals surface area contributed by atoms with E-state index in [1.807, 2.05) is 18.7 Å². The summed E-state index contributed by atoms with van der Waals surface area (Å²) < 4.78 is 25.3. The number of hydrogen-bond donors (Lipinski definition) is 1. The minimum absolute atomic E-state index is 0.00598. The molecule has 1 saturated heterocycles. The van der Waals surface area contributed by atoms with Crippen molar-refractivity contribution in [3.05, 3.63) is 65.7 Å². The molecule has 1 aliphatic rings. The van der Waals surface area contributed by atoms with Gasteiger partial charge < -0.3 is 10.2 Å². The molecule has 3 rings (SSSR count). The van der Waals surface area contributed by atoms with Gasteiger partial charge in [0.2, 0.25) is 5.91 Å². The highest BCUT2D eigenvalue weighted by atomic mass is 32.2. The first-order valence-electron chi connectivity index (χ1n) is 11.0. The number of piperazine rings is 1. The monoisotopic (exact) mass is 457 g/mol. The molecule has 1 atom stereocenters. The van der Waals surface area contributed by atoms with Gasteiger partial charge in [-0.05, 0) is 43.2 Å². The van der Waals surface area contributed by atoms with Crippen LogP contribution in [-0.4, -0.2) is 68.8 Å². The highest BCUT2D eigenvalue weighted by molar-refractivity contribution is 7.90. The molecule has 1 N–H and O–H groups in total. The van der Waals surface area contributed by atoms with Crippen LogP contribution in [0.15, 0.2) is 59.5 Å². The normalized spacial score (nSPS) is 15.9. The lowest BCUT2D eigenvalue weighted by Crippen LogP contribution is -2.51. The smallest absolute Gasteiger partial charge is 0.253 e. The van der Waals surface area contributed by atoms with E-state index >= 15 is 0 Å². The van der Waals surface area contributed by atoms with Gasteiger partial charge in [0.25, 0.3) is 5.91 Å². The molecule has 1 heterocycles. The summed E-state index contributed by atoms with van der Waals surface area (Å²) >= 11 is 0. The van der Waals surface area contributed by atoms with Gasteiger partial charge in [0.1, 0.15) is 0 Å². The third-order valence-corrected chi connectivity index (χ3v) is 7.38. The largest absolute Gasteiger partial charge is 0.353 e. The summed E-state index contributed by atoms with van der Waals surface area (Å²) in [5, 5.41) is 2.96. The Morgan fingerprint density at radius 1 is 1.00 bits per heavy atom. The van der Waals surface area contributed by atoms with E-state index in [2.05, 4.69) is 5.32 Å². The van der Waals surface area contributed by atoms with Crippen LogP contribution in [-0.2, 0) is 20.4 Å². The van der Waals surface area contributed by atoms with Crippen molar-refractivity contribution in [3.63, 3.8) is 0 Å². The zero-order chi connectivity index (χ0) is 23.1. The third kappa shape index (κ3) is 6.40. The molecule has 0 spiro atoms. The lowest BCUT2D eigenvalue weighted by Gasteiger charge is -2.34. The Kier molecular flexibility index (Phi) is 8.04. The van der Waals surface area contributed by atoms with Crippen molar-refractivity contribution >= 4 is 21.7 Å². The van der Waals surface area contributed by atoms with Gasteiger partial charge in [-0.15, -0.1) is 0 Å². The van der Waals surface area contributed by atoms with Crippen LogP contribution in [0.3, 0.4) is 0 Å². The predicted octanol–water partition coefficient (Wildman–Crippen LogP) is 2.33. The number of amides is 2. The van der Waals surface area contributed by atoms with Crippen molar-refractivity contribution in [2.24, 2.45) is 0 Å². The molecule has 32 heavy (non-hydrogen) atoms. The van der Waals surface area contributed by atoms with E-state index in [0.717, 1.165) is 6.42 Å². The van der Waals surface area contributed by atoms with Crippen molar-refractivity contribution in [2.45, 2.75) is 37.0 Å². The van der Waals surface area contributed by atoms with E-state index in [4.69, 9.17) is 0 Å². The summed E-state index contributed by atoms with van der Waals surface area (Å²) in [6.07, 6.45) is 0.889. The van der Waals surface area contributed by atoms with Crippen molar-refractivity contribution in [3.8, 4) is 0 Å². The molecule has 172 valence electrons. The summed E-state index contributed by atoms with van der Waals surface area (Å²) in [7, 11) is -3.48. The van der Waals surface area contributed by atoms with Crippen LogP contribution in [0.25, 0.3) is 0 Å². The minimum atomic E-state index is -3.48. The Morgan fingerprint density at radius 3 is 2.34 bits per heavy atom. The lowest BCUT2D eigenvalue weighted by atomic mass is 10.1. The van der Waals surface area contributed by atoms with Crippen LogP contribution >= 0.6 is 0 Å². The van der Waals surface area contributed by atoms with Gasteiger partial charge in [0.05, 0.1) is 17.2 Å². The van der Waals surface area contributed by atoms with Crippen LogP contribution in [0, 0.1) is 0 Å².